The van der Waals surface area contributed by atoms with Gasteiger partial charge in [-0.3, -0.25) is 9.79 Å². The van der Waals surface area contributed by atoms with Crippen molar-refractivity contribution in [1.29, 1.82) is 0 Å². The number of aryl methyl sites for hydroxylation is 3. The van der Waals surface area contributed by atoms with E-state index in [1.807, 2.05) is 32.9 Å². The van der Waals surface area contributed by atoms with Crippen LogP contribution in [-0.2, 0) is 16.0 Å². The quantitative estimate of drug-likeness (QED) is 0.181. The van der Waals surface area contributed by atoms with Gasteiger partial charge in [-0.2, -0.15) is 0 Å². The average molecular weight is 490 g/mol. The monoisotopic (exact) mass is 489 g/mol. The molecule has 0 saturated heterocycles. The predicted molar refractivity (Wildman–Crippen MR) is 151 cm³/mol. The van der Waals surface area contributed by atoms with Gasteiger partial charge in [0.2, 0.25) is 0 Å². The molecule has 0 aliphatic carbocycles. The largest absolute Gasteiger partial charge is 0.465 e. The molecule has 0 aromatic heterocycles. The summed E-state index contributed by atoms with van der Waals surface area (Å²) < 4.78 is 4.75. The van der Waals surface area contributed by atoms with E-state index in [1.54, 1.807) is 37.3 Å². The molecule has 0 heterocycles. The molecule has 0 bridgehead atoms. The Morgan fingerprint density at radius 2 is 1.78 bits per heavy atom. The molecular formula is C30H39N3O3. The van der Waals surface area contributed by atoms with Crippen molar-refractivity contribution in [3.05, 3.63) is 94.7 Å². The Hall–Kier alpha value is -3.93. The van der Waals surface area contributed by atoms with Gasteiger partial charge in [-0.05, 0) is 79.8 Å². The van der Waals surface area contributed by atoms with Crippen LogP contribution in [0.4, 0.5) is 5.69 Å². The van der Waals surface area contributed by atoms with E-state index in [4.69, 9.17) is 15.5 Å². The van der Waals surface area contributed by atoms with E-state index in [1.165, 1.54) is 18.2 Å². The molecular weight excluding hydrogens is 450 g/mol. The number of methoxy groups -OCH3 is 1. The standard InChI is InChI=1S/C28H33N3O3.C2H6/c1-7-10-26(21-12-11-18(4)20(8-2)16-21)30-22(9-3)17-25(29)27(32)31-23-13-14-24(19(5)15-23)28(33)34-6;1-2/h7,10-17H,1,8-9,29H2,2-6H3,(H,31,32);1-2H3/b25-17-,26-10-,30-22+;. The number of hydrogen-bond acceptors (Lipinski definition) is 5. The number of nitrogens with zero attached hydrogens (tertiary/aromatic N) is 1. The van der Waals surface area contributed by atoms with Crippen molar-refractivity contribution in [3.8, 4) is 0 Å². The molecule has 0 unspecified atom stereocenters. The smallest absolute Gasteiger partial charge is 0.338 e. The highest BCUT2D eigenvalue weighted by atomic mass is 16.5. The van der Waals surface area contributed by atoms with Crippen molar-refractivity contribution in [1.82, 2.24) is 0 Å². The molecule has 2 aromatic rings. The van der Waals surface area contributed by atoms with Crippen LogP contribution < -0.4 is 11.1 Å². The summed E-state index contributed by atoms with van der Waals surface area (Å²) in [6.07, 6.45) is 6.63. The summed E-state index contributed by atoms with van der Waals surface area (Å²) in [6, 6.07) is 11.2. The lowest BCUT2D eigenvalue weighted by Gasteiger charge is -2.10. The fourth-order valence-corrected chi connectivity index (χ4v) is 3.42. The summed E-state index contributed by atoms with van der Waals surface area (Å²) in [6.45, 7) is 15.7. The lowest BCUT2D eigenvalue weighted by molar-refractivity contribution is -0.112. The van der Waals surface area contributed by atoms with Crippen LogP contribution in [0.1, 0.15) is 66.7 Å². The van der Waals surface area contributed by atoms with Gasteiger partial charge in [0.05, 0.1) is 24.1 Å². The van der Waals surface area contributed by atoms with Crippen LogP contribution in [0.2, 0.25) is 0 Å². The number of amides is 1. The Kier molecular flexibility index (Phi) is 12.7. The number of allylic oxidation sites excluding steroid dienone is 3. The van der Waals surface area contributed by atoms with Gasteiger partial charge in [0.1, 0.15) is 0 Å². The normalized spacial score (nSPS) is 11.8. The highest BCUT2D eigenvalue weighted by Crippen LogP contribution is 2.22. The first-order chi connectivity index (χ1) is 17.2. The Morgan fingerprint density at radius 1 is 1.08 bits per heavy atom. The SMILES string of the molecule is C=C\C=C(/N=C(/C=C(\N)C(=O)Nc1ccc(C(=O)OC)c(C)c1)CC)c1ccc(C)c(CC)c1.CC. The zero-order valence-corrected chi connectivity index (χ0v) is 22.6. The number of anilines is 1. The number of aliphatic imine (C=N–C) groups is 1. The van der Waals surface area contributed by atoms with Crippen LogP contribution in [0.5, 0.6) is 0 Å². The first-order valence-corrected chi connectivity index (χ1v) is 12.2. The van der Waals surface area contributed by atoms with Crippen molar-refractivity contribution in [3.63, 3.8) is 0 Å². The molecule has 2 aromatic carbocycles. The fraction of sp³-hybridized carbons (Fsp3) is 0.300. The van der Waals surface area contributed by atoms with E-state index in [0.717, 1.165) is 17.7 Å². The number of carbonyl (C=O) groups is 2. The van der Waals surface area contributed by atoms with Crippen molar-refractivity contribution in [2.75, 3.05) is 12.4 Å². The van der Waals surface area contributed by atoms with Gasteiger partial charge < -0.3 is 15.8 Å². The van der Waals surface area contributed by atoms with Gasteiger partial charge in [-0.15, -0.1) is 0 Å². The molecule has 6 nitrogen and oxygen atoms in total. The van der Waals surface area contributed by atoms with Crippen molar-refractivity contribution >= 4 is 29.0 Å². The van der Waals surface area contributed by atoms with E-state index in [-0.39, 0.29) is 5.70 Å². The minimum atomic E-state index is -0.454. The molecule has 6 heteroatoms. The first-order valence-electron chi connectivity index (χ1n) is 12.2. The summed E-state index contributed by atoms with van der Waals surface area (Å²) in [5.41, 5.74) is 12.7. The van der Waals surface area contributed by atoms with Gasteiger partial charge in [-0.1, -0.05) is 52.5 Å². The maximum absolute atomic E-state index is 12.7. The topological polar surface area (TPSA) is 93.8 Å². The molecule has 0 atom stereocenters. The second-order valence-electron chi connectivity index (χ2n) is 7.81. The van der Waals surface area contributed by atoms with Crippen molar-refractivity contribution in [2.24, 2.45) is 10.7 Å². The third-order valence-electron chi connectivity index (χ3n) is 5.40. The molecule has 0 radical (unpaired) electrons. The molecule has 3 N–H and O–H groups in total. The van der Waals surface area contributed by atoms with Crippen LogP contribution >= 0.6 is 0 Å². The lowest BCUT2D eigenvalue weighted by Crippen LogP contribution is -2.21. The average Bonchev–Trinajstić information content (AvgIpc) is 2.88. The second-order valence-corrected chi connectivity index (χ2v) is 7.81. The van der Waals surface area contributed by atoms with Crippen LogP contribution in [0.3, 0.4) is 0 Å². The van der Waals surface area contributed by atoms with Gasteiger partial charge in [0, 0.05) is 17.0 Å². The third-order valence-corrected chi connectivity index (χ3v) is 5.40. The van der Waals surface area contributed by atoms with E-state index in [9.17, 15) is 9.59 Å². The zero-order valence-electron chi connectivity index (χ0n) is 22.6. The molecule has 0 spiro atoms. The van der Waals surface area contributed by atoms with Crippen LogP contribution in [-0.4, -0.2) is 24.7 Å². The lowest BCUT2D eigenvalue weighted by atomic mass is 10.0. The molecule has 36 heavy (non-hydrogen) atoms. The molecule has 2 rings (SSSR count). The molecule has 0 aliphatic heterocycles. The van der Waals surface area contributed by atoms with Gasteiger partial charge >= 0.3 is 5.97 Å². The Balaban J connectivity index is 0.00000316. The zero-order chi connectivity index (χ0) is 27.3. The number of rotatable bonds is 9. The number of hydrogen-bond donors (Lipinski definition) is 2. The Morgan fingerprint density at radius 3 is 2.33 bits per heavy atom. The molecule has 0 aliphatic rings. The number of nitrogens with two attached hydrogens (primary N) is 1. The summed E-state index contributed by atoms with van der Waals surface area (Å²) in [5.74, 6) is -0.883. The minimum absolute atomic E-state index is 0.0337. The highest BCUT2D eigenvalue weighted by molar-refractivity contribution is 6.09. The van der Waals surface area contributed by atoms with E-state index in [2.05, 4.69) is 37.9 Å². The van der Waals surface area contributed by atoms with Gasteiger partial charge in [0.25, 0.3) is 5.91 Å². The third kappa shape index (κ3) is 8.38. The van der Waals surface area contributed by atoms with Gasteiger partial charge in [0.15, 0.2) is 0 Å². The van der Waals surface area contributed by atoms with Crippen molar-refractivity contribution < 1.29 is 14.3 Å². The maximum Gasteiger partial charge on any atom is 0.338 e. The fourth-order valence-electron chi connectivity index (χ4n) is 3.42. The Bertz CT molecular complexity index is 1170. The molecule has 1 amide bonds. The maximum atomic E-state index is 12.7. The number of ether oxygens (including phenoxy) is 1. The summed E-state index contributed by atoms with van der Waals surface area (Å²) >= 11 is 0. The van der Waals surface area contributed by atoms with E-state index < -0.39 is 11.9 Å². The minimum Gasteiger partial charge on any atom is -0.465 e. The van der Waals surface area contributed by atoms with Crippen molar-refractivity contribution in [2.45, 2.75) is 54.4 Å². The summed E-state index contributed by atoms with van der Waals surface area (Å²) in [4.78, 5) is 29.2. The predicted octanol–water partition coefficient (Wildman–Crippen LogP) is 6.54. The number of esters is 1. The molecule has 0 saturated carbocycles. The Labute approximate surface area is 215 Å². The summed E-state index contributed by atoms with van der Waals surface area (Å²) in [5, 5.41) is 2.76. The van der Waals surface area contributed by atoms with E-state index in [0.29, 0.717) is 28.9 Å². The number of nitrogens with one attached hydrogen (secondary N) is 1. The number of benzene rings is 2. The highest BCUT2D eigenvalue weighted by Gasteiger charge is 2.12. The second kappa shape index (κ2) is 15.1. The van der Waals surface area contributed by atoms with Crippen LogP contribution in [0, 0.1) is 13.8 Å². The first kappa shape index (κ1) is 30.1. The van der Waals surface area contributed by atoms with Crippen LogP contribution in [0.15, 0.2) is 71.9 Å². The number of carbonyl (C=O) groups excluding carboxylic acids is 2. The molecule has 0 fully saturated rings. The van der Waals surface area contributed by atoms with Crippen LogP contribution in [0.25, 0.3) is 5.70 Å². The van der Waals surface area contributed by atoms with E-state index >= 15 is 0 Å². The molecule has 192 valence electrons. The van der Waals surface area contributed by atoms with Gasteiger partial charge in [-0.25, -0.2) is 4.79 Å². The summed E-state index contributed by atoms with van der Waals surface area (Å²) in [7, 11) is 1.33.